The van der Waals surface area contributed by atoms with E-state index >= 15 is 0 Å². The minimum atomic E-state index is 0.404. The summed E-state index contributed by atoms with van der Waals surface area (Å²) in [6.45, 7) is 12.2. The SMILES string of the molecule is C=CCNc1c(C)cc(-n2nnc3ccccc32)cc1C(=N)C(=C)C. The van der Waals surface area contributed by atoms with Crippen molar-refractivity contribution in [3.8, 4) is 5.69 Å². The predicted octanol–water partition coefficient (Wildman–Crippen LogP) is 4.27. The summed E-state index contributed by atoms with van der Waals surface area (Å²) < 4.78 is 1.80. The Kier molecular flexibility index (Phi) is 4.48. The van der Waals surface area contributed by atoms with Gasteiger partial charge in [-0.3, -0.25) is 5.41 Å². The molecule has 0 saturated carbocycles. The minimum absolute atomic E-state index is 0.404. The highest BCUT2D eigenvalue weighted by Crippen LogP contribution is 2.28. The molecule has 0 fully saturated rings. The summed E-state index contributed by atoms with van der Waals surface area (Å²) >= 11 is 0. The third-order valence-electron chi connectivity index (χ3n) is 4.04. The first-order valence-electron chi connectivity index (χ1n) is 8.08. The average molecular weight is 331 g/mol. The first-order valence-corrected chi connectivity index (χ1v) is 8.08. The van der Waals surface area contributed by atoms with Gasteiger partial charge in [0, 0.05) is 17.8 Å². The van der Waals surface area contributed by atoms with Crippen molar-refractivity contribution >= 4 is 22.4 Å². The molecule has 0 aliphatic heterocycles. The molecule has 0 atom stereocenters. The van der Waals surface area contributed by atoms with Crippen LogP contribution in [0.5, 0.6) is 0 Å². The zero-order chi connectivity index (χ0) is 18.0. The summed E-state index contributed by atoms with van der Waals surface area (Å²) in [5, 5.41) is 20.3. The quantitative estimate of drug-likeness (QED) is 0.523. The lowest BCUT2D eigenvalue weighted by molar-refractivity contribution is 0.823. The zero-order valence-corrected chi connectivity index (χ0v) is 14.5. The highest BCUT2D eigenvalue weighted by atomic mass is 15.4. The third kappa shape index (κ3) is 3.08. The van der Waals surface area contributed by atoms with Crippen LogP contribution < -0.4 is 5.32 Å². The van der Waals surface area contributed by atoms with Crippen molar-refractivity contribution in [3.63, 3.8) is 0 Å². The molecule has 0 saturated heterocycles. The van der Waals surface area contributed by atoms with Crippen molar-refractivity contribution in [2.45, 2.75) is 13.8 Å². The average Bonchev–Trinajstić information content (AvgIpc) is 3.03. The van der Waals surface area contributed by atoms with Crippen LogP contribution in [0, 0.1) is 12.3 Å². The largest absolute Gasteiger partial charge is 0.381 e. The summed E-state index contributed by atoms with van der Waals surface area (Å²) in [6, 6.07) is 11.8. The molecule has 126 valence electrons. The summed E-state index contributed by atoms with van der Waals surface area (Å²) in [6.07, 6.45) is 1.80. The van der Waals surface area contributed by atoms with Crippen LogP contribution in [0.25, 0.3) is 16.7 Å². The minimum Gasteiger partial charge on any atom is -0.381 e. The maximum Gasteiger partial charge on any atom is 0.113 e. The van der Waals surface area contributed by atoms with Gasteiger partial charge < -0.3 is 5.32 Å². The normalized spacial score (nSPS) is 10.6. The van der Waals surface area contributed by atoms with E-state index in [0.29, 0.717) is 17.8 Å². The first-order chi connectivity index (χ1) is 12.0. The number of allylic oxidation sites excluding steroid dienone is 1. The number of hydrogen-bond acceptors (Lipinski definition) is 4. The summed E-state index contributed by atoms with van der Waals surface area (Å²) in [4.78, 5) is 0. The van der Waals surface area contributed by atoms with Crippen molar-refractivity contribution in [1.29, 1.82) is 5.41 Å². The molecule has 0 aliphatic rings. The number of hydrogen-bond donors (Lipinski definition) is 2. The van der Waals surface area contributed by atoms with E-state index in [-0.39, 0.29) is 0 Å². The molecule has 0 radical (unpaired) electrons. The molecular weight excluding hydrogens is 310 g/mol. The molecule has 0 bridgehead atoms. The molecule has 3 rings (SSSR count). The zero-order valence-electron chi connectivity index (χ0n) is 14.5. The number of nitrogens with one attached hydrogen (secondary N) is 2. The molecule has 2 N–H and O–H groups in total. The second-order valence-corrected chi connectivity index (χ2v) is 6.00. The number of aromatic nitrogens is 3. The topological polar surface area (TPSA) is 66.6 Å². The van der Waals surface area contributed by atoms with Crippen LogP contribution in [-0.4, -0.2) is 27.3 Å². The maximum atomic E-state index is 8.43. The van der Waals surface area contributed by atoms with Gasteiger partial charge in [-0.15, -0.1) is 11.7 Å². The molecule has 1 heterocycles. The second kappa shape index (κ2) is 6.73. The fourth-order valence-electron chi connectivity index (χ4n) is 2.79. The van der Waals surface area contributed by atoms with Crippen molar-refractivity contribution < 1.29 is 0 Å². The molecule has 3 aromatic rings. The fraction of sp³-hybridized carbons (Fsp3) is 0.150. The molecule has 25 heavy (non-hydrogen) atoms. The second-order valence-electron chi connectivity index (χ2n) is 6.00. The van der Waals surface area contributed by atoms with Crippen molar-refractivity contribution in [3.05, 3.63) is 72.3 Å². The van der Waals surface area contributed by atoms with Gasteiger partial charge in [0.2, 0.25) is 0 Å². The van der Waals surface area contributed by atoms with E-state index in [1.165, 1.54) is 0 Å². The Labute approximate surface area is 147 Å². The van der Waals surface area contributed by atoms with Crippen molar-refractivity contribution in [2.24, 2.45) is 0 Å². The molecule has 5 heteroatoms. The van der Waals surface area contributed by atoms with Gasteiger partial charge >= 0.3 is 0 Å². The molecule has 0 unspecified atom stereocenters. The van der Waals surface area contributed by atoms with E-state index in [2.05, 4.69) is 28.8 Å². The van der Waals surface area contributed by atoms with E-state index in [4.69, 9.17) is 5.41 Å². The lowest BCUT2D eigenvalue weighted by Crippen LogP contribution is -2.11. The number of aryl methyl sites for hydroxylation is 1. The number of para-hydroxylation sites is 1. The van der Waals surface area contributed by atoms with E-state index in [0.717, 1.165) is 33.5 Å². The van der Waals surface area contributed by atoms with Gasteiger partial charge in [0.25, 0.3) is 0 Å². The van der Waals surface area contributed by atoms with Gasteiger partial charge in [0.05, 0.1) is 16.9 Å². The Balaban J connectivity index is 2.20. The van der Waals surface area contributed by atoms with Gasteiger partial charge in [-0.2, -0.15) is 0 Å². The van der Waals surface area contributed by atoms with E-state index in [1.54, 1.807) is 10.8 Å². The Morgan fingerprint density at radius 2 is 2.08 bits per heavy atom. The summed E-state index contributed by atoms with van der Waals surface area (Å²) in [5.41, 5.74) is 6.50. The van der Waals surface area contributed by atoms with Gasteiger partial charge in [0.15, 0.2) is 0 Å². The Morgan fingerprint density at radius 1 is 1.32 bits per heavy atom. The van der Waals surface area contributed by atoms with Gasteiger partial charge in [0.1, 0.15) is 5.52 Å². The Bertz CT molecular complexity index is 981. The maximum absolute atomic E-state index is 8.43. The molecule has 5 nitrogen and oxygen atoms in total. The lowest BCUT2D eigenvalue weighted by Gasteiger charge is -2.17. The summed E-state index contributed by atoms with van der Waals surface area (Å²) in [7, 11) is 0. The van der Waals surface area contributed by atoms with E-state index < -0.39 is 0 Å². The van der Waals surface area contributed by atoms with E-state index in [9.17, 15) is 0 Å². The van der Waals surface area contributed by atoms with Crippen LogP contribution in [0.3, 0.4) is 0 Å². The molecular formula is C20H21N5. The molecule has 0 aliphatic carbocycles. The smallest absolute Gasteiger partial charge is 0.113 e. The Morgan fingerprint density at radius 3 is 2.80 bits per heavy atom. The van der Waals surface area contributed by atoms with Gasteiger partial charge in [-0.1, -0.05) is 30.0 Å². The number of fused-ring (bicyclic) bond motifs is 1. The van der Waals surface area contributed by atoms with Crippen LogP contribution in [0.4, 0.5) is 5.69 Å². The van der Waals surface area contributed by atoms with Crippen LogP contribution in [-0.2, 0) is 0 Å². The molecule has 0 amide bonds. The Hall–Kier alpha value is -3.21. The highest BCUT2D eigenvalue weighted by molar-refractivity contribution is 6.13. The standard InChI is InChI=1S/C20H21N5/c1-5-10-22-20-14(4)11-15(12-16(20)19(21)13(2)3)25-18-9-7-6-8-17(18)23-24-25/h5-9,11-12,21-22H,1-2,10H2,3-4H3. The lowest BCUT2D eigenvalue weighted by atomic mass is 9.98. The fourth-order valence-corrected chi connectivity index (χ4v) is 2.79. The predicted molar refractivity (Wildman–Crippen MR) is 104 cm³/mol. The number of benzene rings is 2. The third-order valence-corrected chi connectivity index (χ3v) is 4.04. The van der Waals surface area contributed by atoms with E-state index in [1.807, 2.05) is 50.2 Å². The van der Waals surface area contributed by atoms with Crippen LogP contribution in [0.1, 0.15) is 18.1 Å². The van der Waals surface area contributed by atoms with Crippen LogP contribution in [0.2, 0.25) is 0 Å². The van der Waals surface area contributed by atoms with Gasteiger partial charge in [-0.25, -0.2) is 4.68 Å². The van der Waals surface area contributed by atoms with Crippen LogP contribution >= 0.6 is 0 Å². The molecule has 2 aromatic carbocycles. The first kappa shape index (κ1) is 16.6. The molecule has 0 spiro atoms. The number of rotatable bonds is 6. The number of nitrogens with zero attached hydrogens (tertiary/aromatic N) is 3. The molecule has 1 aromatic heterocycles. The highest BCUT2D eigenvalue weighted by Gasteiger charge is 2.15. The van der Waals surface area contributed by atoms with Gasteiger partial charge in [-0.05, 0) is 49.2 Å². The van der Waals surface area contributed by atoms with Crippen molar-refractivity contribution in [1.82, 2.24) is 15.0 Å². The number of anilines is 1. The van der Waals surface area contributed by atoms with Crippen LogP contribution in [0.15, 0.2) is 61.2 Å². The summed E-state index contributed by atoms with van der Waals surface area (Å²) in [5.74, 6) is 0. The van der Waals surface area contributed by atoms with Crippen molar-refractivity contribution in [2.75, 3.05) is 11.9 Å². The monoisotopic (exact) mass is 331 g/mol.